The summed E-state index contributed by atoms with van der Waals surface area (Å²) in [5.41, 5.74) is 2.43. The summed E-state index contributed by atoms with van der Waals surface area (Å²) in [4.78, 5) is 4.18. The van der Waals surface area contributed by atoms with E-state index in [1.165, 1.54) is 11.1 Å². The number of nitrogens with one attached hydrogen (secondary N) is 2. The molecule has 112 valence electrons. The molecule has 0 aliphatic rings. The van der Waals surface area contributed by atoms with Crippen molar-refractivity contribution in [1.82, 2.24) is 10.6 Å². The molecule has 0 aromatic heterocycles. The van der Waals surface area contributed by atoms with Crippen molar-refractivity contribution in [3.63, 3.8) is 0 Å². The van der Waals surface area contributed by atoms with Crippen molar-refractivity contribution in [3.05, 3.63) is 35.4 Å². The van der Waals surface area contributed by atoms with E-state index in [0.717, 1.165) is 12.5 Å². The van der Waals surface area contributed by atoms with Gasteiger partial charge in [-0.1, -0.05) is 24.3 Å². The molecule has 0 aliphatic heterocycles. The van der Waals surface area contributed by atoms with Crippen LogP contribution in [-0.4, -0.2) is 25.2 Å². The molecule has 0 bridgehead atoms. The second-order valence-corrected chi connectivity index (χ2v) is 5.40. The van der Waals surface area contributed by atoms with Gasteiger partial charge in [0.2, 0.25) is 0 Å². The van der Waals surface area contributed by atoms with Crippen molar-refractivity contribution in [2.24, 2.45) is 4.99 Å². The summed E-state index contributed by atoms with van der Waals surface area (Å²) in [5, 5.41) is 6.56. The molecule has 4 heteroatoms. The van der Waals surface area contributed by atoms with Crippen LogP contribution >= 0.6 is 0 Å². The van der Waals surface area contributed by atoms with Gasteiger partial charge in [0.15, 0.2) is 5.96 Å². The SMILES string of the molecule is CN=C(NCc1ccc(COC(C)C)cc1)NC(C)C. The number of nitrogens with zero attached hydrogens (tertiary/aromatic N) is 1. The third-order valence-electron chi connectivity index (χ3n) is 2.72. The lowest BCUT2D eigenvalue weighted by atomic mass is 10.1. The van der Waals surface area contributed by atoms with Gasteiger partial charge in [-0.15, -0.1) is 0 Å². The van der Waals surface area contributed by atoms with Gasteiger partial charge in [-0.2, -0.15) is 0 Å². The summed E-state index contributed by atoms with van der Waals surface area (Å²) >= 11 is 0. The average molecular weight is 277 g/mol. The fourth-order valence-electron chi connectivity index (χ4n) is 1.67. The van der Waals surface area contributed by atoms with Crippen LogP contribution in [0.25, 0.3) is 0 Å². The maximum absolute atomic E-state index is 5.58. The Morgan fingerprint density at radius 1 is 1.10 bits per heavy atom. The molecule has 0 saturated heterocycles. The standard InChI is InChI=1S/C16H27N3O/c1-12(2)19-16(17-5)18-10-14-6-8-15(9-7-14)11-20-13(3)4/h6-9,12-13H,10-11H2,1-5H3,(H2,17,18,19). The fourth-order valence-corrected chi connectivity index (χ4v) is 1.67. The van der Waals surface area contributed by atoms with E-state index in [4.69, 9.17) is 4.74 Å². The number of guanidine groups is 1. The van der Waals surface area contributed by atoms with E-state index in [0.29, 0.717) is 12.6 Å². The number of benzene rings is 1. The normalized spacial score (nSPS) is 12.1. The van der Waals surface area contributed by atoms with Crippen molar-refractivity contribution < 1.29 is 4.74 Å². The highest BCUT2D eigenvalue weighted by Gasteiger charge is 2.01. The minimum absolute atomic E-state index is 0.266. The predicted octanol–water partition coefficient (Wildman–Crippen LogP) is 2.69. The van der Waals surface area contributed by atoms with E-state index in [2.05, 4.69) is 53.7 Å². The molecule has 0 unspecified atom stereocenters. The summed E-state index contributed by atoms with van der Waals surface area (Å²) in [7, 11) is 1.78. The van der Waals surface area contributed by atoms with Crippen molar-refractivity contribution in [2.45, 2.75) is 53.0 Å². The minimum Gasteiger partial charge on any atom is -0.374 e. The van der Waals surface area contributed by atoms with E-state index in [-0.39, 0.29) is 6.10 Å². The van der Waals surface area contributed by atoms with Gasteiger partial charge in [0.25, 0.3) is 0 Å². The van der Waals surface area contributed by atoms with E-state index in [1.54, 1.807) is 7.05 Å². The van der Waals surface area contributed by atoms with Gasteiger partial charge >= 0.3 is 0 Å². The molecule has 20 heavy (non-hydrogen) atoms. The first-order chi connectivity index (χ1) is 9.51. The van der Waals surface area contributed by atoms with E-state index in [1.807, 2.05) is 13.8 Å². The van der Waals surface area contributed by atoms with Crippen LogP contribution in [0, 0.1) is 0 Å². The van der Waals surface area contributed by atoms with Crippen molar-refractivity contribution in [3.8, 4) is 0 Å². The van der Waals surface area contributed by atoms with Gasteiger partial charge in [-0.25, -0.2) is 0 Å². The van der Waals surface area contributed by atoms with Crippen molar-refractivity contribution in [2.75, 3.05) is 7.05 Å². The number of aliphatic imine (C=N–C) groups is 1. The maximum Gasteiger partial charge on any atom is 0.191 e. The van der Waals surface area contributed by atoms with Gasteiger partial charge in [-0.05, 0) is 38.8 Å². The van der Waals surface area contributed by atoms with Crippen LogP contribution in [0.2, 0.25) is 0 Å². The Morgan fingerprint density at radius 2 is 1.70 bits per heavy atom. The smallest absolute Gasteiger partial charge is 0.191 e. The fraction of sp³-hybridized carbons (Fsp3) is 0.562. The summed E-state index contributed by atoms with van der Waals surface area (Å²) in [5.74, 6) is 0.826. The number of hydrogen-bond acceptors (Lipinski definition) is 2. The highest BCUT2D eigenvalue weighted by atomic mass is 16.5. The van der Waals surface area contributed by atoms with Crippen LogP contribution in [0.15, 0.2) is 29.3 Å². The molecule has 0 atom stereocenters. The Kier molecular flexibility index (Phi) is 7.09. The Hall–Kier alpha value is -1.55. The number of ether oxygens (including phenoxy) is 1. The Labute approximate surface area is 122 Å². The molecule has 4 nitrogen and oxygen atoms in total. The number of hydrogen-bond donors (Lipinski definition) is 2. The van der Waals surface area contributed by atoms with Gasteiger partial charge in [0.1, 0.15) is 0 Å². The molecule has 1 aromatic rings. The lowest BCUT2D eigenvalue weighted by Crippen LogP contribution is -2.40. The third kappa shape index (κ3) is 6.57. The quantitative estimate of drug-likeness (QED) is 0.621. The average Bonchev–Trinajstić information content (AvgIpc) is 2.41. The van der Waals surface area contributed by atoms with Crippen LogP contribution in [0.4, 0.5) is 0 Å². The third-order valence-corrected chi connectivity index (χ3v) is 2.72. The zero-order valence-electron chi connectivity index (χ0n) is 13.2. The van der Waals surface area contributed by atoms with E-state index < -0.39 is 0 Å². The predicted molar refractivity (Wildman–Crippen MR) is 84.8 cm³/mol. The molecule has 0 heterocycles. The molecular formula is C16H27N3O. The molecule has 0 radical (unpaired) electrons. The zero-order valence-corrected chi connectivity index (χ0v) is 13.2. The van der Waals surface area contributed by atoms with Crippen LogP contribution in [0.3, 0.4) is 0 Å². The van der Waals surface area contributed by atoms with Gasteiger partial charge in [-0.3, -0.25) is 4.99 Å². The highest BCUT2D eigenvalue weighted by molar-refractivity contribution is 5.79. The van der Waals surface area contributed by atoms with Gasteiger partial charge in [0, 0.05) is 19.6 Å². The Bertz CT molecular complexity index is 410. The van der Waals surface area contributed by atoms with Crippen LogP contribution < -0.4 is 10.6 Å². The van der Waals surface area contributed by atoms with Crippen LogP contribution in [0.5, 0.6) is 0 Å². The summed E-state index contributed by atoms with van der Waals surface area (Å²) in [6.45, 7) is 9.71. The Morgan fingerprint density at radius 3 is 2.20 bits per heavy atom. The molecule has 1 rings (SSSR count). The molecule has 0 fully saturated rings. The molecule has 2 N–H and O–H groups in total. The largest absolute Gasteiger partial charge is 0.374 e. The highest BCUT2D eigenvalue weighted by Crippen LogP contribution is 2.07. The first kappa shape index (κ1) is 16.5. The minimum atomic E-state index is 0.266. The topological polar surface area (TPSA) is 45.7 Å². The van der Waals surface area contributed by atoms with E-state index >= 15 is 0 Å². The molecule has 0 aliphatic carbocycles. The lowest BCUT2D eigenvalue weighted by Gasteiger charge is -2.14. The Balaban J connectivity index is 2.45. The van der Waals surface area contributed by atoms with Crippen LogP contribution in [-0.2, 0) is 17.9 Å². The number of rotatable bonds is 6. The second kappa shape index (κ2) is 8.59. The first-order valence-corrected chi connectivity index (χ1v) is 7.18. The van der Waals surface area contributed by atoms with Crippen molar-refractivity contribution >= 4 is 5.96 Å². The van der Waals surface area contributed by atoms with Crippen LogP contribution in [0.1, 0.15) is 38.8 Å². The zero-order chi connectivity index (χ0) is 15.0. The molecular weight excluding hydrogens is 250 g/mol. The first-order valence-electron chi connectivity index (χ1n) is 7.18. The molecule has 0 spiro atoms. The molecule has 0 saturated carbocycles. The molecule has 0 amide bonds. The summed E-state index contributed by atoms with van der Waals surface area (Å²) in [6, 6.07) is 8.83. The van der Waals surface area contributed by atoms with E-state index in [9.17, 15) is 0 Å². The van der Waals surface area contributed by atoms with Gasteiger partial charge in [0.05, 0.1) is 12.7 Å². The van der Waals surface area contributed by atoms with Gasteiger partial charge < -0.3 is 15.4 Å². The van der Waals surface area contributed by atoms with Crippen molar-refractivity contribution in [1.29, 1.82) is 0 Å². The lowest BCUT2D eigenvalue weighted by molar-refractivity contribution is 0.0657. The maximum atomic E-state index is 5.58. The summed E-state index contributed by atoms with van der Waals surface area (Å²) < 4.78 is 5.58. The molecule has 1 aromatic carbocycles. The summed E-state index contributed by atoms with van der Waals surface area (Å²) in [6.07, 6.45) is 0.266. The monoisotopic (exact) mass is 277 g/mol. The second-order valence-electron chi connectivity index (χ2n) is 5.40.